The topological polar surface area (TPSA) is 75.7 Å². The van der Waals surface area contributed by atoms with Gasteiger partial charge in [-0.3, -0.25) is 14.9 Å². The Morgan fingerprint density at radius 2 is 1.66 bits per heavy atom. The average Bonchev–Trinajstić information content (AvgIpc) is 2.66. The zero-order valence-electron chi connectivity index (χ0n) is 14.7. The number of rotatable bonds is 5. The van der Waals surface area contributed by atoms with Gasteiger partial charge in [-0.25, -0.2) is 9.69 Å². The summed E-state index contributed by atoms with van der Waals surface area (Å²) < 4.78 is 5.39. The van der Waals surface area contributed by atoms with E-state index in [9.17, 15) is 14.4 Å². The molecule has 29 heavy (non-hydrogen) atoms. The molecule has 1 aliphatic heterocycles. The molecular weight excluding hydrogens is 439 g/mol. The SMILES string of the molecule is C=CCOc1c(Cl)cc(/C=C2\C(=O)NC(=O)N(c3ccc(Cl)cc3)C2=O)cc1Cl. The lowest BCUT2D eigenvalue weighted by Crippen LogP contribution is -2.54. The zero-order chi connectivity index (χ0) is 21.1. The van der Waals surface area contributed by atoms with E-state index in [-0.39, 0.29) is 33.7 Å². The van der Waals surface area contributed by atoms with Gasteiger partial charge in [0, 0.05) is 5.02 Å². The lowest BCUT2D eigenvalue weighted by atomic mass is 10.1. The maximum atomic E-state index is 12.9. The highest BCUT2D eigenvalue weighted by Crippen LogP contribution is 2.35. The summed E-state index contributed by atoms with van der Waals surface area (Å²) in [4.78, 5) is 38.2. The molecule has 0 unspecified atom stereocenters. The fourth-order valence-corrected chi connectivity index (χ4v) is 3.33. The van der Waals surface area contributed by atoms with Gasteiger partial charge in [-0.05, 0) is 48.0 Å². The maximum absolute atomic E-state index is 12.9. The molecule has 2 aromatic carbocycles. The third-order valence-electron chi connectivity index (χ3n) is 3.86. The Morgan fingerprint density at radius 1 is 1.03 bits per heavy atom. The molecule has 3 rings (SSSR count). The smallest absolute Gasteiger partial charge is 0.335 e. The molecule has 148 valence electrons. The second kappa shape index (κ2) is 8.69. The number of hydrogen-bond donors (Lipinski definition) is 1. The van der Waals surface area contributed by atoms with E-state index in [1.807, 2.05) is 0 Å². The van der Waals surface area contributed by atoms with Crippen molar-refractivity contribution in [3.63, 3.8) is 0 Å². The molecule has 1 saturated heterocycles. The van der Waals surface area contributed by atoms with E-state index in [0.717, 1.165) is 4.90 Å². The van der Waals surface area contributed by atoms with Gasteiger partial charge in [-0.1, -0.05) is 47.5 Å². The fraction of sp³-hybridized carbons (Fsp3) is 0.0500. The second-order valence-corrected chi connectivity index (χ2v) is 7.10. The van der Waals surface area contributed by atoms with Crippen LogP contribution in [0, 0.1) is 0 Å². The average molecular weight is 452 g/mol. The highest BCUT2D eigenvalue weighted by molar-refractivity contribution is 6.40. The Bertz CT molecular complexity index is 1030. The number of nitrogens with zero attached hydrogens (tertiary/aromatic N) is 1. The number of hydrogen-bond acceptors (Lipinski definition) is 4. The molecule has 0 radical (unpaired) electrons. The number of urea groups is 1. The summed E-state index contributed by atoms with van der Waals surface area (Å²) in [5, 5.41) is 2.96. The number of anilines is 1. The second-order valence-electron chi connectivity index (χ2n) is 5.85. The number of imide groups is 2. The zero-order valence-corrected chi connectivity index (χ0v) is 17.0. The van der Waals surface area contributed by atoms with E-state index >= 15 is 0 Å². The summed E-state index contributed by atoms with van der Waals surface area (Å²) in [7, 11) is 0. The van der Waals surface area contributed by atoms with Gasteiger partial charge < -0.3 is 4.74 Å². The van der Waals surface area contributed by atoms with Crippen LogP contribution in [0.3, 0.4) is 0 Å². The number of carbonyl (C=O) groups excluding carboxylic acids is 3. The summed E-state index contributed by atoms with van der Waals surface area (Å²) in [5.74, 6) is -1.36. The Kier molecular flexibility index (Phi) is 6.27. The van der Waals surface area contributed by atoms with Gasteiger partial charge in [0.15, 0.2) is 5.75 Å². The molecule has 6 nitrogen and oxygen atoms in total. The molecular formula is C20H13Cl3N2O4. The normalized spacial score (nSPS) is 15.5. The van der Waals surface area contributed by atoms with Crippen LogP contribution in [0.5, 0.6) is 5.75 Å². The van der Waals surface area contributed by atoms with Crippen LogP contribution in [0.2, 0.25) is 15.1 Å². The minimum atomic E-state index is -0.858. The van der Waals surface area contributed by atoms with Crippen LogP contribution < -0.4 is 15.0 Å². The highest BCUT2D eigenvalue weighted by atomic mass is 35.5. The fourth-order valence-electron chi connectivity index (χ4n) is 2.59. The van der Waals surface area contributed by atoms with Gasteiger partial charge in [-0.2, -0.15) is 0 Å². The predicted octanol–water partition coefficient (Wildman–Crippen LogP) is 4.88. The number of benzene rings is 2. The van der Waals surface area contributed by atoms with Crippen molar-refractivity contribution in [2.75, 3.05) is 11.5 Å². The largest absolute Gasteiger partial charge is 0.486 e. The first-order chi connectivity index (χ1) is 13.8. The highest BCUT2D eigenvalue weighted by Gasteiger charge is 2.36. The first-order valence-corrected chi connectivity index (χ1v) is 9.35. The predicted molar refractivity (Wildman–Crippen MR) is 113 cm³/mol. The summed E-state index contributed by atoms with van der Waals surface area (Å²) in [6.07, 6.45) is 2.83. The number of halogens is 3. The molecule has 0 aliphatic carbocycles. The molecule has 4 amide bonds. The van der Waals surface area contributed by atoms with Crippen molar-refractivity contribution in [3.8, 4) is 5.75 Å². The first-order valence-electron chi connectivity index (χ1n) is 8.21. The molecule has 0 bridgehead atoms. The monoisotopic (exact) mass is 450 g/mol. The summed E-state index contributed by atoms with van der Waals surface area (Å²) in [6, 6.07) is 8.16. The van der Waals surface area contributed by atoms with Gasteiger partial charge in [0.25, 0.3) is 11.8 Å². The van der Waals surface area contributed by atoms with Crippen molar-refractivity contribution in [2.45, 2.75) is 0 Å². The molecule has 0 aromatic heterocycles. The van der Waals surface area contributed by atoms with E-state index in [1.165, 1.54) is 48.6 Å². The van der Waals surface area contributed by atoms with Gasteiger partial charge in [0.05, 0.1) is 15.7 Å². The van der Waals surface area contributed by atoms with Gasteiger partial charge >= 0.3 is 6.03 Å². The first kappa shape index (κ1) is 20.9. The minimum absolute atomic E-state index is 0.195. The lowest BCUT2D eigenvalue weighted by Gasteiger charge is -2.26. The van der Waals surface area contributed by atoms with Gasteiger partial charge in [0.1, 0.15) is 12.2 Å². The number of ether oxygens (including phenoxy) is 1. The van der Waals surface area contributed by atoms with Crippen LogP contribution in [-0.4, -0.2) is 24.5 Å². The molecule has 1 heterocycles. The van der Waals surface area contributed by atoms with Crippen LogP contribution in [0.15, 0.2) is 54.6 Å². The van der Waals surface area contributed by atoms with Crippen molar-refractivity contribution in [3.05, 3.63) is 75.3 Å². The van der Waals surface area contributed by atoms with Crippen LogP contribution >= 0.6 is 34.8 Å². The number of barbiturate groups is 1. The molecule has 1 fully saturated rings. The molecule has 0 saturated carbocycles. The molecule has 9 heteroatoms. The van der Waals surface area contributed by atoms with E-state index in [4.69, 9.17) is 39.5 Å². The number of carbonyl (C=O) groups is 3. The van der Waals surface area contributed by atoms with E-state index in [0.29, 0.717) is 10.6 Å². The lowest BCUT2D eigenvalue weighted by molar-refractivity contribution is -0.122. The van der Waals surface area contributed by atoms with Crippen molar-refractivity contribution in [2.24, 2.45) is 0 Å². The van der Waals surface area contributed by atoms with Crippen LogP contribution in [-0.2, 0) is 9.59 Å². The molecule has 2 aromatic rings. The van der Waals surface area contributed by atoms with Gasteiger partial charge in [0.2, 0.25) is 0 Å². The Morgan fingerprint density at radius 3 is 2.24 bits per heavy atom. The number of nitrogens with one attached hydrogen (secondary N) is 1. The Balaban J connectivity index is 1.98. The third-order valence-corrected chi connectivity index (χ3v) is 4.68. The van der Waals surface area contributed by atoms with Crippen LogP contribution in [0.1, 0.15) is 5.56 Å². The quantitative estimate of drug-likeness (QED) is 0.399. The van der Waals surface area contributed by atoms with Crippen molar-refractivity contribution in [1.82, 2.24) is 5.32 Å². The number of amides is 4. The van der Waals surface area contributed by atoms with E-state index in [1.54, 1.807) is 0 Å². The molecule has 0 atom stereocenters. The molecule has 1 aliphatic rings. The van der Waals surface area contributed by atoms with Crippen molar-refractivity contribution < 1.29 is 19.1 Å². The van der Waals surface area contributed by atoms with Crippen LogP contribution in [0.4, 0.5) is 10.5 Å². The van der Waals surface area contributed by atoms with Crippen molar-refractivity contribution in [1.29, 1.82) is 0 Å². The van der Waals surface area contributed by atoms with E-state index < -0.39 is 17.8 Å². The standard InChI is InChI=1S/C20H13Cl3N2O4/c1-2-7-29-17-15(22)9-11(10-16(17)23)8-14-18(26)24-20(28)25(19(14)27)13-5-3-12(21)4-6-13/h2-6,8-10H,1,7H2,(H,24,26,28)/b14-8+. The van der Waals surface area contributed by atoms with Gasteiger partial charge in [-0.15, -0.1) is 0 Å². The minimum Gasteiger partial charge on any atom is -0.486 e. The molecule has 1 N–H and O–H groups in total. The van der Waals surface area contributed by atoms with Crippen LogP contribution in [0.25, 0.3) is 6.08 Å². The molecule has 0 spiro atoms. The maximum Gasteiger partial charge on any atom is 0.335 e. The third kappa shape index (κ3) is 4.45. The van der Waals surface area contributed by atoms with E-state index in [2.05, 4.69) is 11.9 Å². The Hall–Kier alpha value is -2.80. The summed E-state index contributed by atoms with van der Waals surface area (Å²) in [6.45, 7) is 3.75. The Labute approximate surface area is 181 Å². The van der Waals surface area contributed by atoms with Crippen molar-refractivity contribution >= 4 is 64.4 Å². The summed E-state index contributed by atoms with van der Waals surface area (Å²) in [5.41, 5.74) is 0.390. The summed E-state index contributed by atoms with van der Waals surface area (Å²) >= 11 is 18.2.